The molecule has 0 aliphatic rings. The number of rotatable bonds is 10. The molecular weight excluding hydrogens is 462 g/mol. The van der Waals surface area contributed by atoms with Crippen LogP contribution in [0.2, 0.25) is 5.02 Å². The Morgan fingerprint density at radius 1 is 1.10 bits per heavy atom. The van der Waals surface area contributed by atoms with Crippen molar-refractivity contribution in [2.75, 3.05) is 11.9 Å². The number of ether oxygens (including phenoxy) is 1. The first kappa shape index (κ1) is 22.6. The summed E-state index contributed by atoms with van der Waals surface area (Å²) in [6, 6.07) is 18.5. The van der Waals surface area contributed by atoms with E-state index >= 15 is 0 Å². The van der Waals surface area contributed by atoms with Crippen LogP contribution in [0.4, 0.5) is 5.82 Å². The van der Waals surface area contributed by atoms with Gasteiger partial charge in [-0.25, -0.2) is 9.97 Å². The standard InChI is InChI=1S/C24H27BrClN3O/c1-3-4-12-30-24-15-23(27-16-28-24)29-17(2)22(19-6-5-7-20(25)14-19)13-18-8-10-21(26)11-9-18/h5-11,14-17,22H,3-4,12-13H2,1-2H3,(H,27,28,29)/t17-,22+/m0/s1. The molecule has 1 heterocycles. The van der Waals surface area contributed by atoms with Gasteiger partial charge in [0.25, 0.3) is 0 Å². The van der Waals surface area contributed by atoms with E-state index in [1.54, 1.807) is 6.33 Å². The van der Waals surface area contributed by atoms with E-state index in [1.165, 1.54) is 11.1 Å². The van der Waals surface area contributed by atoms with Crippen molar-refractivity contribution in [2.24, 2.45) is 0 Å². The zero-order valence-corrected chi connectivity index (χ0v) is 19.7. The molecule has 0 aliphatic heterocycles. The van der Waals surface area contributed by atoms with Crippen LogP contribution in [0.25, 0.3) is 0 Å². The van der Waals surface area contributed by atoms with Gasteiger partial charge in [-0.15, -0.1) is 0 Å². The first-order valence-corrected chi connectivity index (χ1v) is 11.4. The molecule has 0 unspecified atom stereocenters. The van der Waals surface area contributed by atoms with E-state index < -0.39 is 0 Å². The summed E-state index contributed by atoms with van der Waals surface area (Å²) in [5, 5.41) is 4.30. The number of nitrogens with zero attached hydrogens (tertiary/aromatic N) is 2. The number of halogens is 2. The Morgan fingerprint density at radius 3 is 2.63 bits per heavy atom. The lowest BCUT2D eigenvalue weighted by Gasteiger charge is -2.26. The molecule has 3 aromatic rings. The van der Waals surface area contributed by atoms with Crippen molar-refractivity contribution in [1.82, 2.24) is 9.97 Å². The molecule has 2 aromatic carbocycles. The zero-order valence-electron chi connectivity index (χ0n) is 17.3. The lowest BCUT2D eigenvalue weighted by Crippen LogP contribution is -2.26. The molecule has 6 heteroatoms. The van der Waals surface area contributed by atoms with Gasteiger partial charge in [-0.05, 0) is 55.2 Å². The molecule has 0 amide bonds. The van der Waals surface area contributed by atoms with Gasteiger partial charge in [0.15, 0.2) is 0 Å². The normalized spacial score (nSPS) is 12.9. The summed E-state index contributed by atoms with van der Waals surface area (Å²) in [7, 11) is 0. The van der Waals surface area contributed by atoms with E-state index in [9.17, 15) is 0 Å². The Balaban J connectivity index is 1.78. The third-order valence-corrected chi connectivity index (χ3v) is 5.76. The molecule has 0 aliphatic carbocycles. The van der Waals surface area contributed by atoms with Gasteiger partial charge in [-0.3, -0.25) is 0 Å². The van der Waals surface area contributed by atoms with Gasteiger partial charge in [-0.1, -0.05) is 65.1 Å². The summed E-state index contributed by atoms with van der Waals surface area (Å²) in [4.78, 5) is 8.61. The third-order valence-electron chi connectivity index (χ3n) is 5.01. The van der Waals surface area contributed by atoms with Gasteiger partial charge in [0, 0.05) is 27.5 Å². The summed E-state index contributed by atoms with van der Waals surface area (Å²) in [6.45, 7) is 4.99. The fraction of sp³-hybridized carbons (Fsp3) is 0.333. The van der Waals surface area contributed by atoms with E-state index in [4.69, 9.17) is 16.3 Å². The number of hydrogen-bond acceptors (Lipinski definition) is 4. The lowest BCUT2D eigenvalue weighted by atomic mass is 9.86. The highest BCUT2D eigenvalue weighted by Crippen LogP contribution is 2.29. The van der Waals surface area contributed by atoms with Gasteiger partial charge in [-0.2, -0.15) is 0 Å². The highest BCUT2D eigenvalue weighted by atomic mass is 79.9. The average molecular weight is 489 g/mol. The van der Waals surface area contributed by atoms with Crippen molar-refractivity contribution in [1.29, 1.82) is 0 Å². The Bertz CT molecular complexity index is 936. The van der Waals surface area contributed by atoms with Crippen molar-refractivity contribution in [3.63, 3.8) is 0 Å². The van der Waals surface area contributed by atoms with Crippen LogP contribution in [-0.2, 0) is 6.42 Å². The number of aromatic nitrogens is 2. The smallest absolute Gasteiger partial charge is 0.218 e. The maximum atomic E-state index is 6.07. The highest BCUT2D eigenvalue weighted by molar-refractivity contribution is 9.10. The van der Waals surface area contributed by atoms with E-state index in [0.717, 1.165) is 34.6 Å². The monoisotopic (exact) mass is 487 g/mol. The van der Waals surface area contributed by atoms with Crippen molar-refractivity contribution in [2.45, 2.75) is 45.1 Å². The maximum Gasteiger partial charge on any atom is 0.218 e. The summed E-state index contributed by atoms with van der Waals surface area (Å²) in [5.74, 6) is 1.60. The van der Waals surface area contributed by atoms with Crippen LogP contribution in [-0.4, -0.2) is 22.6 Å². The Morgan fingerprint density at radius 2 is 1.90 bits per heavy atom. The van der Waals surface area contributed by atoms with Crippen LogP contribution in [0, 0.1) is 0 Å². The van der Waals surface area contributed by atoms with E-state index in [0.29, 0.717) is 12.5 Å². The minimum Gasteiger partial charge on any atom is -0.478 e. The second kappa shape index (κ2) is 11.3. The number of unbranched alkanes of at least 4 members (excludes halogenated alkanes) is 1. The number of nitrogens with one attached hydrogen (secondary N) is 1. The van der Waals surface area contributed by atoms with Crippen molar-refractivity contribution < 1.29 is 4.74 Å². The minimum atomic E-state index is 0.133. The van der Waals surface area contributed by atoms with Gasteiger partial charge >= 0.3 is 0 Å². The van der Waals surface area contributed by atoms with E-state index in [1.807, 2.05) is 24.3 Å². The average Bonchev–Trinajstić information content (AvgIpc) is 2.74. The molecule has 0 saturated carbocycles. The zero-order chi connectivity index (χ0) is 21.3. The van der Waals surface area contributed by atoms with Gasteiger partial charge in [0.2, 0.25) is 5.88 Å². The molecule has 1 N–H and O–H groups in total. The maximum absolute atomic E-state index is 6.07. The summed E-state index contributed by atoms with van der Waals surface area (Å²) >= 11 is 9.68. The molecule has 3 rings (SSSR count). The Hall–Kier alpha value is -2.11. The van der Waals surface area contributed by atoms with Gasteiger partial charge < -0.3 is 10.1 Å². The molecule has 0 bridgehead atoms. The molecule has 0 fully saturated rings. The van der Waals surface area contributed by atoms with Crippen molar-refractivity contribution >= 4 is 33.3 Å². The van der Waals surface area contributed by atoms with Crippen LogP contribution in [0.15, 0.2) is 65.4 Å². The summed E-state index contributed by atoms with van der Waals surface area (Å²) in [5.41, 5.74) is 2.50. The minimum absolute atomic E-state index is 0.133. The predicted molar refractivity (Wildman–Crippen MR) is 128 cm³/mol. The molecule has 0 spiro atoms. The number of anilines is 1. The molecule has 1 aromatic heterocycles. The predicted octanol–water partition coefficient (Wildman–Crippen LogP) is 6.90. The molecular formula is C24H27BrClN3O. The SMILES string of the molecule is CCCCOc1cc(N[C@@H](C)[C@@H](Cc2ccc(Cl)cc2)c2cccc(Br)c2)ncn1. The number of hydrogen-bond donors (Lipinski definition) is 1. The molecule has 158 valence electrons. The first-order chi connectivity index (χ1) is 14.5. The van der Waals surface area contributed by atoms with Crippen LogP contribution < -0.4 is 10.1 Å². The fourth-order valence-electron chi connectivity index (χ4n) is 3.35. The van der Waals surface area contributed by atoms with Crippen LogP contribution in [0.5, 0.6) is 5.88 Å². The van der Waals surface area contributed by atoms with Gasteiger partial charge in [0.1, 0.15) is 12.1 Å². The van der Waals surface area contributed by atoms with Crippen LogP contribution in [0.3, 0.4) is 0 Å². The first-order valence-electron chi connectivity index (χ1n) is 10.3. The van der Waals surface area contributed by atoms with Crippen LogP contribution >= 0.6 is 27.5 Å². The van der Waals surface area contributed by atoms with Crippen molar-refractivity contribution in [3.8, 4) is 5.88 Å². The second-order valence-corrected chi connectivity index (χ2v) is 8.72. The summed E-state index contributed by atoms with van der Waals surface area (Å²) in [6.07, 6.45) is 4.53. The highest BCUT2D eigenvalue weighted by Gasteiger charge is 2.21. The quantitative estimate of drug-likeness (QED) is 0.315. The molecule has 4 nitrogen and oxygen atoms in total. The second-order valence-electron chi connectivity index (χ2n) is 7.37. The Kier molecular flexibility index (Phi) is 8.52. The fourth-order valence-corrected chi connectivity index (χ4v) is 3.89. The number of benzene rings is 2. The molecule has 0 saturated heterocycles. The molecule has 2 atom stereocenters. The van der Waals surface area contributed by atoms with E-state index in [2.05, 4.69) is 75.4 Å². The summed E-state index contributed by atoms with van der Waals surface area (Å²) < 4.78 is 6.80. The van der Waals surface area contributed by atoms with Crippen molar-refractivity contribution in [3.05, 3.63) is 81.5 Å². The largest absolute Gasteiger partial charge is 0.478 e. The molecule has 0 radical (unpaired) electrons. The van der Waals surface area contributed by atoms with E-state index in [-0.39, 0.29) is 12.0 Å². The topological polar surface area (TPSA) is 47.0 Å². The third kappa shape index (κ3) is 6.71. The Labute approximate surface area is 192 Å². The molecule has 30 heavy (non-hydrogen) atoms. The lowest BCUT2D eigenvalue weighted by molar-refractivity contribution is 0.297. The van der Waals surface area contributed by atoms with Gasteiger partial charge in [0.05, 0.1) is 6.61 Å². The van der Waals surface area contributed by atoms with Crippen LogP contribution in [0.1, 0.15) is 43.7 Å².